The van der Waals surface area contributed by atoms with Crippen LogP contribution < -0.4 is 11.1 Å². The van der Waals surface area contributed by atoms with Gasteiger partial charge in [-0.2, -0.15) is 11.8 Å². The fraction of sp³-hybridized carbons (Fsp3) is 0.455. The Morgan fingerprint density at radius 3 is 2.93 bits per heavy atom. The zero-order valence-corrected chi connectivity index (χ0v) is 11.3. The summed E-state index contributed by atoms with van der Waals surface area (Å²) in [6.45, 7) is 0.674. The van der Waals surface area contributed by atoms with Crippen LogP contribution in [-0.4, -0.2) is 24.6 Å². The average Bonchev–Trinajstić information content (AvgIpc) is 2.24. The smallest absolute Gasteiger partial charge is 0.0391 e. The van der Waals surface area contributed by atoms with Gasteiger partial charge in [-0.3, -0.25) is 0 Å². The van der Waals surface area contributed by atoms with Gasteiger partial charge in [0.2, 0.25) is 0 Å². The largest absolute Gasteiger partial charge is 0.381 e. The molecule has 0 bridgehead atoms. The summed E-state index contributed by atoms with van der Waals surface area (Å²) in [6, 6.07) is 8.54. The molecule has 0 saturated heterocycles. The molecule has 84 valence electrons. The lowest BCUT2D eigenvalue weighted by atomic mass is 10.2. The van der Waals surface area contributed by atoms with E-state index in [1.807, 2.05) is 23.9 Å². The van der Waals surface area contributed by atoms with Crippen molar-refractivity contribution in [1.29, 1.82) is 0 Å². The summed E-state index contributed by atoms with van der Waals surface area (Å²) in [6.07, 6.45) is 3.22. The van der Waals surface area contributed by atoms with Crippen molar-refractivity contribution in [2.75, 3.05) is 23.9 Å². The number of thioether (sulfide) groups is 1. The molecule has 2 nitrogen and oxygen atoms in total. The van der Waals surface area contributed by atoms with Gasteiger partial charge in [0.15, 0.2) is 0 Å². The molecule has 1 aromatic rings. The first-order valence-corrected chi connectivity index (χ1v) is 7.16. The molecule has 0 aromatic heterocycles. The molecule has 0 spiro atoms. The normalized spacial score (nSPS) is 12.5. The number of rotatable bonds is 6. The molecule has 0 saturated carbocycles. The fourth-order valence-corrected chi connectivity index (χ4v) is 2.24. The molecule has 15 heavy (non-hydrogen) atoms. The molecule has 1 aromatic carbocycles. The van der Waals surface area contributed by atoms with E-state index in [0.29, 0.717) is 12.6 Å². The lowest BCUT2D eigenvalue weighted by Crippen LogP contribution is -2.29. The fourth-order valence-electron chi connectivity index (χ4n) is 1.32. The zero-order chi connectivity index (χ0) is 11.1. The molecule has 0 heterocycles. The molecule has 0 radical (unpaired) electrons. The highest BCUT2D eigenvalue weighted by atomic mass is 79.9. The Labute approximate surface area is 104 Å². The SMILES string of the molecule is CSCCC(CN)Nc1cccc(Br)c1. The molecule has 3 N–H and O–H groups in total. The maximum atomic E-state index is 5.72. The topological polar surface area (TPSA) is 38.0 Å². The minimum Gasteiger partial charge on any atom is -0.381 e. The summed E-state index contributed by atoms with van der Waals surface area (Å²) in [4.78, 5) is 0. The van der Waals surface area contributed by atoms with Crippen LogP contribution in [0, 0.1) is 0 Å². The van der Waals surface area contributed by atoms with E-state index in [2.05, 4.69) is 39.6 Å². The molecule has 1 unspecified atom stereocenters. The first-order chi connectivity index (χ1) is 7.26. The molecule has 0 aliphatic rings. The number of benzene rings is 1. The number of anilines is 1. The second kappa shape index (κ2) is 7.14. The van der Waals surface area contributed by atoms with E-state index in [-0.39, 0.29) is 0 Å². The Balaban J connectivity index is 2.50. The third-order valence-electron chi connectivity index (χ3n) is 2.15. The Kier molecular flexibility index (Phi) is 6.13. The van der Waals surface area contributed by atoms with Gasteiger partial charge < -0.3 is 11.1 Å². The van der Waals surface area contributed by atoms with Crippen molar-refractivity contribution < 1.29 is 0 Å². The number of nitrogens with two attached hydrogens (primary N) is 1. The van der Waals surface area contributed by atoms with E-state index >= 15 is 0 Å². The maximum absolute atomic E-state index is 5.72. The van der Waals surface area contributed by atoms with Crippen LogP contribution in [0.1, 0.15) is 6.42 Å². The Hall–Kier alpha value is -0.190. The Morgan fingerprint density at radius 1 is 1.53 bits per heavy atom. The monoisotopic (exact) mass is 288 g/mol. The third kappa shape index (κ3) is 4.91. The third-order valence-corrected chi connectivity index (χ3v) is 3.29. The summed E-state index contributed by atoms with van der Waals surface area (Å²) < 4.78 is 1.09. The molecule has 0 aliphatic heterocycles. The van der Waals surface area contributed by atoms with Gasteiger partial charge in [-0.15, -0.1) is 0 Å². The van der Waals surface area contributed by atoms with Crippen LogP contribution in [0.25, 0.3) is 0 Å². The first kappa shape index (κ1) is 12.9. The van der Waals surface area contributed by atoms with Crippen LogP contribution in [0.2, 0.25) is 0 Å². The van der Waals surface area contributed by atoms with Crippen molar-refractivity contribution in [3.63, 3.8) is 0 Å². The maximum Gasteiger partial charge on any atom is 0.0391 e. The Bertz CT molecular complexity index is 294. The van der Waals surface area contributed by atoms with Crippen molar-refractivity contribution in [1.82, 2.24) is 0 Å². The summed E-state index contributed by atoms with van der Waals surface area (Å²) in [7, 11) is 0. The van der Waals surface area contributed by atoms with Gasteiger partial charge in [0.05, 0.1) is 0 Å². The van der Waals surface area contributed by atoms with Crippen LogP contribution in [0.5, 0.6) is 0 Å². The molecule has 0 amide bonds. The highest BCUT2D eigenvalue weighted by Gasteiger charge is 2.05. The van der Waals surface area contributed by atoms with Crippen LogP contribution in [0.3, 0.4) is 0 Å². The summed E-state index contributed by atoms with van der Waals surface area (Å²) >= 11 is 5.31. The van der Waals surface area contributed by atoms with Crippen LogP contribution in [0.4, 0.5) is 5.69 Å². The standard InChI is InChI=1S/C11H17BrN2S/c1-15-6-5-11(8-13)14-10-4-2-3-9(12)7-10/h2-4,7,11,14H,5-6,8,13H2,1H3. The van der Waals surface area contributed by atoms with Crippen molar-refractivity contribution in [2.24, 2.45) is 5.73 Å². The Morgan fingerprint density at radius 2 is 2.33 bits per heavy atom. The summed E-state index contributed by atoms with van der Waals surface area (Å²) in [5.41, 5.74) is 6.84. The van der Waals surface area contributed by atoms with Gasteiger partial charge in [0.1, 0.15) is 0 Å². The van der Waals surface area contributed by atoms with Gasteiger partial charge >= 0.3 is 0 Å². The second-order valence-electron chi connectivity index (χ2n) is 3.37. The number of halogens is 1. The number of hydrogen-bond donors (Lipinski definition) is 2. The number of hydrogen-bond acceptors (Lipinski definition) is 3. The molecule has 0 fully saturated rings. The summed E-state index contributed by atoms with van der Waals surface area (Å²) in [5.74, 6) is 1.14. The van der Waals surface area contributed by atoms with E-state index in [9.17, 15) is 0 Å². The van der Waals surface area contributed by atoms with E-state index in [4.69, 9.17) is 5.73 Å². The van der Waals surface area contributed by atoms with Crippen LogP contribution >= 0.6 is 27.7 Å². The highest BCUT2D eigenvalue weighted by molar-refractivity contribution is 9.10. The molecule has 1 atom stereocenters. The molecule has 4 heteroatoms. The lowest BCUT2D eigenvalue weighted by molar-refractivity contribution is 0.710. The van der Waals surface area contributed by atoms with Gasteiger partial charge in [-0.05, 0) is 36.6 Å². The molecular formula is C11H17BrN2S. The minimum absolute atomic E-state index is 0.367. The van der Waals surface area contributed by atoms with Gasteiger partial charge in [0.25, 0.3) is 0 Å². The second-order valence-corrected chi connectivity index (χ2v) is 5.27. The van der Waals surface area contributed by atoms with Crippen molar-refractivity contribution >= 4 is 33.4 Å². The van der Waals surface area contributed by atoms with E-state index < -0.39 is 0 Å². The van der Waals surface area contributed by atoms with Crippen LogP contribution in [0.15, 0.2) is 28.7 Å². The van der Waals surface area contributed by atoms with E-state index in [1.165, 1.54) is 0 Å². The van der Waals surface area contributed by atoms with Gasteiger partial charge in [-0.1, -0.05) is 22.0 Å². The minimum atomic E-state index is 0.367. The zero-order valence-electron chi connectivity index (χ0n) is 8.87. The predicted molar refractivity (Wildman–Crippen MR) is 73.6 cm³/mol. The predicted octanol–water partition coefficient (Wildman–Crippen LogP) is 2.94. The highest BCUT2D eigenvalue weighted by Crippen LogP contribution is 2.17. The van der Waals surface area contributed by atoms with Crippen molar-refractivity contribution in [3.05, 3.63) is 28.7 Å². The summed E-state index contributed by atoms with van der Waals surface area (Å²) in [5, 5.41) is 3.44. The van der Waals surface area contributed by atoms with E-state index in [0.717, 1.165) is 22.3 Å². The van der Waals surface area contributed by atoms with Crippen molar-refractivity contribution in [2.45, 2.75) is 12.5 Å². The van der Waals surface area contributed by atoms with Gasteiger partial charge in [0, 0.05) is 22.7 Å². The first-order valence-electron chi connectivity index (χ1n) is 4.97. The average molecular weight is 289 g/mol. The quantitative estimate of drug-likeness (QED) is 0.845. The lowest BCUT2D eigenvalue weighted by Gasteiger charge is -2.17. The molecular weight excluding hydrogens is 272 g/mol. The molecule has 0 aliphatic carbocycles. The molecule has 1 rings (SSSR count). The van der Waals surface area contributed by atoms with Gasteiger partial charge in [-0.25, -0.2) is 0 Å². The number of nitrogens with one attached hydrogen (secondary N) is 1. The van der Waals surface area contributed by atoms with Crippen LogP contribution in [-0.2, 0) is 0 Å². The van der Waals surface area contributed by atoms with Crippen molar-refractivity contribution in [3.8, 4) is 0 Å². The van der Waals surface area contributed by atoms with E-state index in [1.54, 1.807) is 0 Å².